The first-order valence-electron chi connectivity index (χ1n) is 7.45. The van der Waals surface area contributed by atoms with E-state index in [4.69, 9.17) is 0 Å². The van der Waals surface area contributed by atoms with Crippen LogP contribution in [0.1, 0.15) is 39.5 Å². The van der Waals surface area contributed by atoms with Gasteiger partial charge >= 0.3 is 0 Å². The van der Waals surface area contributed by atoms with Crippen LogP contribution in [0.4, 0.5) is 0 Å². The summed E-state index contributed by atoms with van der Waals surface area (Å²) in [5, 5.41) is 3.38. The van der Waals surface area contributed by atoms with Gasteiger partial charge in [-0.2, -0.15) is 0 Å². The second-order valence-corrected chi connectivity index (χ2v) is 5.71. The minimum atomic E-state index is 0.0419. The van der Waals surface area contributed by atoms with Crippen molar-refractivity contribution in [1.82, 2.24) is 15.1 Å². The van der Waals surface area contributed by atoms with Crippen molar-refractivity contribution in [2.75, 3.05) is 32.7 Å². The summed E-state index contributed by atoms with van der Waals surface area (Å²) in [5.74, 6) is 0.339. The average molecular weight is 253 g/mol. The van der Waals surface area contributed by atoms with Gasteiger partial charge in [-0.15, -0.1) is 0 Å². The SMILES string of the molecule is CC(C(=O)N1CCCCCC1)N1CCNC[C@@H]1C. The molecule has 2 aliphatic heterocycles. The average Bonchev–Trinajstić information content (AvgIpc) is 2.66. The smallest absolute Gasteiger partial charge is 0.239 e. The number of hydrogen-bond acceptors (Lipinski definition) is 3. The molecule has 2 heterocycles. The molecular formula is C14H27N3O. The van der Waals surface area contributed by atoms with Crippen LogP contribution in [0.5, 0.6) is 0 Å². The van der Waals surface area contributed by atoms with E-state index in [-0.39, 0.29) is 6.04 Å². The fraction of sp³-hybridized carbons (Fsp3) is 0.929. The maximum atomic E-state index is 12.6. The number of rotatable bonds is 2. The fourth-order valence-electron chi connectivity index (χ4n) is 3.13. The van der Waals surface area contributed by atoms with Crippen molar-refractivity contribution < 1.29 is 4.79 Å². The molecule has 0 bridgehead atoms. The van der Waals surface area contributed by atoms with Gasteiger partial charge in [0, 0.05) is 38.8 Å². The Hall–Kier alpha value is -0.610. The van der Waals surface area contributed by atoms with Crippen LogP contribution in [0.25, 0.3) is 0 Å². The number of hydrogen-bond donors (Lipinski definition) is 1. The third-order valence-electron chi connectivity index (χ3n) is 4.33. The van der Waals surface area contributed by atoms with E-state index in [1.54, 1.807) is 0 Å². The van der Waals surface area contributed by atoms with Crippen molar-refractivity contribution in [1.29, 1.82) is 0 Å². The zero-order valence-corrected chi connectivity index (χ0v) is 11.8. The van der Waals surface area contributed by atoms with Crippen molar-refractivity contribution in [3.05, 3.63) is 0 Å². The number of carbonyl (C=O) groups is 1. The van der Waals surface area contributed by atoms with E-state index < -0.39 is 0 Å². The summed E-state index contributed by atoms with van der Waals surface area (Å²) in [7, 11) is 0. The molecule has 1 unspecified atom stereocenters. The zero-order valence-electron chi connectivity index (χ0n) is 11.8. The summed E-state index contributed by atoms with van der Waals surface area (Å²) < 4.78 is 0. The molecule has 2 fully saturated rings. The topological polar surface area (TPSA) is 35.6 Å². The van der Waals surface area contributed by atoms with Crippen molar-refractivity contribution in [3.63, 3.8) is 0 Å². The lowest BCUT2D eigenvalue weighted by atomic mass is 10.1. The molecule has 2 saturated heterocycles. The van der Waals surface area contributed by atoms with E-state index in [2.05, 4.69) is 29.0 Å². The van der Waals surface area contributed by atoms with Crippen molar-refractivity contribution in [2.24, 2.45) is 0 Å². The van der Waals surface area contributed by atoms with Gasteiger partial charge in [0.05, 0.1) is 6.04 Å². The van der Waals surface area contributed by atoms with Crippen LogP contribution in [0, 0.1) is 0 Å². The summed E-state index contributed by atoms with van der Waals surface area (Å²) >= 11 is 0. The Morgan fingerprint density at radius 3 is 2.44 bits per heavy atom. The predicted molar refractivity (Wildman–Crippen MR) is 73.5 cm³/mol. The Balaban J connectivity index is 1.93. The first-order valence-corrected chi connectivity index (χ1v) is 7.45. The molecule has 2 rings (SSSR count). The van der Waals surface area contributed by atoms with E-state index in [9.17, 15) is 4.79 Å². The van der Waals surface area contributed by atoms with E-state index >= 15 is 0 Å². The molecule has 2 aliphatic rings. The van der Waals surface area contributed by atoms with Gasteiger partial charge in [0.15, 0.2) is 0 Å². The van der Waals surface area contributed by atoms with Crippen molar-refractivity contribution in [3.8, 4) is 0 Å². The second-order valence-electron chi connectivity index (χ2n) is 5.71. The number of likely N-dealkylation sites (tertiary alicyclic amines) is 1. The van der Waals surface area contributed by atoms with E-state index in [0.717, 1.165) is 32.7 Å². The number of nitrogens with zero attached hydrogens (tertiary/aromatic N) is 2. The summed E-state index contributed by atoms with van der Waals surface area (Å²) in [6.07, 6.45) is 4.91. The molecule has 2 atom stereocenters. The molecule has 104 valence electrons. The number of amides is 1. The zero-order chi connectivity index (χ0) is 13.0. The lowest BCUT2D eigenvalue weighted by Gasteiger charge is -2.39. The van der Waals surface area contributed by atoms with E-state index in [1.807, 2.05) is 0 Å². The maximum Gasteiger partial charge on any atom is 0.239 e. The van der Waals surface area contributed by atoms with Crippen LogP contribution >= 0.6 is 0 Å². The third kappa shape index (κ3) is 3.23. The van der Waals surface area contributed by atoms with Gasteiger partial charge in [0.2, 0.25) is 5.91 Å². The minimum absolute atomic E-state index is 0.0419. The molecule has 4 heteroatoms. The first-order chi connectivity index (χ1) is 8.70. The first kappa shape index (κ1) is 13.8. The number of piperazine rings is 1. The molecule has 0 spiro atoms. The van der Waals surface area contributed by atoms with Gasteiger partial charge in [-0.05, 0) is 26.7 Å². The van der Waals surface area contributed by atoms with Gasteiger partial charge in [-0.1, -0.05) is 12.8 Å². The van der Waals surface area contributed by atoms with Gasteiger partial charge in [-0.25, -0.2) is 0 Å². The molecule has 4 nitrogen and oxygen atoms in total. The number of nitrogens with one attached hydrogen (secondary N) is 1. The Labute approximate surface area is 111 Å². The van der Waals surface area contributed by atoms with Crippen molar-refractivity contribution in [2.45, 2.75) is 51.6 Å². The minimum Gasteiger partial charge on any atom is -0.341 e. The van der Waals surface area contributed by atoms with Gasteiger partial charge in [0.25, 0.3) is 0 Å². The van der Waals surface area contributed by atoms with Crippen LogP contribution in [-0.2, 0) is 4.79 Å². The van der Waals surface area contributed by atoms with Gasteiger partial charge in [0.1, 0.15) is 0 Å². The van der Waals surface area contributed by atoms with E-state index in [1.165, 1.54) is 25.7 Å². The van der Waals surface area contributed by atoms with Crippen LogP contribution in [0.2, 0.25) is 0 Å². The molecule has 0 saturated carbocycles. The highest BCUT2D eigenvalue weighted by atomic mass is 16.2. The van der Waals surface area contributed by atoms with Crippen molar-refractivity contribution >= 4 is 5.91 Å². The molecule has 0 aliphatic carbocycles. The molecule has 0 radical (unpaired) electrons. The second kappa shape index (κ2) is 6.53. The lowest BCUT2D eigenvalue weighted by molar-refractivity contribution is -0.137. The summed E-state index contributed by atoms with van der Waals surface area (Å²) in [5.41, 5.74) is 0. The molecule has 0 aromatic carbocycles. The Morgan fingerprint density at radius 1 is 1.17 bits per heavy atom. The summed E-state index contributed by atoms with van der Waals surface area (Å²) in [4.78, 5) is 17.0. The van der Waals surface area contributed by atoms with Crippen LogP contribution in [-0.4, -0.2) is 60.5 Å². The molecule has 0 aromatic rings. The molecular weight excluding hydrogens is 226 g/mol. The maximum absolute atomic E-state index is 12.6. The van der Waals surface area contributed by atoms with Crippen LogP contribution in [0.15, 0.2) is 0 Å². The largest absolute Gasteiger partial charge is 0.341 e. The van der Waals surface area contributed by atoms with Crippen LogP contribution < -0.4 is 5.32 Å². The highest BCUT2D eigenvalue weighted by Crippen LogP contribution is 2.15. The molecule has 0 aromatic heterocycles. The molecule has 18 heavy (non-hydrogen) atoms. The normalized spacial score (nSPS) is 28.8. The van der Waals surface area contributed by atoms with Gasteiger partial charge < -0.3 is 10.2 Å². The Morgan fingerprint density at radius 2 is 1.83 bits per heavy atom. The van der Waals surface area contributed by atoms with Crippen LogP contribution in [0.3, 0.4) is 0 Å². The highest BCUT2D eigenvalue weighted by molar-refractivity contribution is 5.81. The standard InChI is InChI=1S/C14H27N3O/c1-12-11-15-7-10-17(12)13(2)14(18)16-8-5-3-4-6-9-16/h12-13,15H,3-11H2,1-2H3/t12-,13?/m0/s1. The van der Waals surface area contributed by atoms with E-state index in [0.29, 0.717) is 11.9 Å². The summed E-state index contributed by atoms with van der Waals surface area (Å²) in [6.45, 7) is 9.20. The predicted octanol–water partition coefficient (Wildman–Crippen LogP) is 1.07. The third-order valence-corrected chi connectivity index (χ3v) is 4.33. The Bertz CT molecular complexity index is 274. The molecule has 1 amide bonds. The lowest BCUT2D eigenvalue weighted by Crippen LogP contribution is -2.57. The monoisotopic (exact) mass is 253 g/mol. The quantitative estimate of drug-likeness (QED) is 0.799. The Kier molecular flexibility index (Phi) is 5.01. The fourth-order valence-corrected chi connectivity index (χ4v) is 3.13. The highest BCUT2D eigenvalue weighted by Gasteiger charge is 2.30. The van der Waals surface area contributed by atoms with Gasteiger partial charge in [-0.3, -0.25) is 9.69 Å². The molecule has 1 N–H and O–H groups in total. The summed E-state index contributed by atoms with van der Waals surface area (Å²) in [6, 6.07) is 0.505. The number of carbonyl (C=O) groups excluding carboxylic acids is 1.